The maximum absolute atomic E-state index is 14.8. The number of amides is 4. The average molecular weight is 703 g/mol. The zero-order valence-electron chi connectivity index (χ0n) is 30.1. The lowest BCUT2D eigenvalue weighted by molar-refractivity contribution is -0.141. The van der Waals surface area contributed by atoms with E-state index < -0.39 is 36.0 Å². The molecule has 0 spiro atoms. The molecule has 5 rings (SSSR count). The van der Waals surface area contributed by atoms with Gasteiger partial charge in [-0.3, -0.25) is 19.2 Å². The number of benzene rings is 2. The highest BCUT2D eigenvalue weighted by Gasteiger charge is 2.45. The Kier molecular flexibility index (Phi) is 12.5. The van der Waals surface area contributed by atoms with Gasteiger partial charge in [-0.05, 0) is 54.6 Å². The first-order valence-corrected chi connectivity index (χ1v) is 18.4. The molecule has 3 aromatic rings. The van der Waals surface area contributed by atoms with Gasteiger partial charge in [0.1, 0.15) is 12.1 Å². The van der Waals surface area contributed by atoms with Gasteiger partial charge >= 0.3 is 0 Å². The molecule has 4 amide bonds. The van der Waals surface area contributed by atoms with Gasteiger partial charge in [-0.25, -0.2) is 4.68 Å². The van der Waals surface area contributed by atoms with Crippen LogP contribution in [0.2, 0.25) is 0 Å². The smallest absolute Gasteiger partial charge is 0.251 e. The minimum atomic E-state index is -1.61. The van der Waals surface area contributed by atoms with Gasteiger partial charge in [0, 0.05) is 23.9 Å². The largest absolute Gasteiger partial charge is 0.381 e. The first kappa shape index (κ1) is 37.9. The van der Waals surface area contributed by atoms with Gasteiger partial charge in [-0.2, -0.15) is 0 Å². The number of aromatic nitrogens is 3. The molecule has 1 aliphatic heterocycles. The van der Waals surface area contributed by atoms with E-state index in [1.165, 1.54) is 4.90 Å². The molecule has 1 aliphatic carbocycles. The predicted molar refractivity (Wildman–Crippen MR) is 194 cm³/mol. The molecule has 5 atom stereocenters. The van der Waals surface area contributed by atoms with Crippen LogP contribution in [-0.2, 0) is 19.8 Å². The summed E-state index contributed by atoms with van der Waals surface area (Å²) < 4.78 is 1.79. The quantitative estimate of drug-likeness (QED) is 0.158. The summed E-state index contributed by atoms with van der Waals surface area (Å²) in [5.74, 6) is -1.94. The second-order valence-electron chi connectivity index (χ2n) is 15.3. The Balaban J connectivity index is 1.46. The van der Waals surface area contributed by atoms with Crippen molar-refractivity contribution in [1.82, 2.24) is 30.5 Å². The van der Waals surface area contributed by atoms with E-state index in [2.05, 4.69) is 20.9 Å². The van der Waals surface area contributed by atoms with E-state index >= 15 is 0 Å². The number of unbranched alkanes of at least 4 members (excludes halogenated alkanes) is 1. The van der Waals surface area contributed by atoms with Gasteiger partial charge in [-0.1, -0.05) is 94.8 Å². The fourth-order valence-corrected chi connectivity index (χ4v) is 7.58. The summed E-state index contributed by atoms with van der Waals surface area (Å²) in [4.78, 5) is 56.4. The summed E-state index contributed by atoms with van der Waals surface area (Å²) in [5, 5.41) is 27.0. The molecule has 2 unspecified atom stereocenters. The number of primary amides is 1. The lowest BCUT2D eigenvalue weighted by Crippen LogP contribution is -2.57. The Labute approximate surface area is 299 Å². The fraction of sp³-hybridized carbons (Fsp3) is 0.579. The zero-order valence-corrected chi connectivity index (χ0v) is 30.1. The van der Waals surface area contributed by atoms with Crippen molar-refractivity contribution >= 4 is 34.4 Å². The topological polar surface area (TPSA) is 199 Å². The van der Waals surface area contributed by atoms with Gasteiger partial charge in [0.25, 0.3) is 5.91 Å². The summed E-state index contributed by atoms with van der Waals surface area (Å²) in [6.45, 7) is 6.71. The van der Waals surface area contributed by atoms with Crippen molar-refractivity contribution in [2.45, 2.75) is 121 Å². The molecule has 13 nitrogen and oxygen atoms in total. The van der Waals surface area contributed by atoms with E-state index in [-0.39, 0.29) is 48.6 Å². The first-order chi connectivity index (χ1) is 24.4. The second kappa shape index (κ2) is 16.8. The van der Waals surface area contributed by atoms with Crippen LogP contribution < -0.4 is 22.1 Å². The maximum atomic E-state index is 14.8. The van der Waals surface area contributed by atoms with Crippen molar-refractivity contribution < 1.29 is 24.3 Å². The Morgan fingerprint density at radius 3 is 2.41 bits per heavy atom. The lowest BCUT2D eigenvalue weighted by atomic mass is 9.84. The molecule has 1 saturated carbocycles. The zero-order chi connectivity index (χ0) is 36.7. The van der Waals surface area contributed by atoms with Crippen LogP contribution in [-0.4, -0.2) is 85.9 Å². The highest BCUT2D eigenvalue weighted by Crippen LogP contribution is 2.34. The molecular formula is C38H54N8O5. The molecule has 2 heterocycles. The Morgan fingerprint density at radius 2 is 1.73 bits per heavy atom. The number of carbonyl (C=O) groups excluding carboxylic acids is 4. The molecule has 1 aromatic heterocycles. The number of aliphatic hydroxyl groups excluding tert-OH is 1. The third-order valence-corrected chi connectivity index (χ3v) is 10.4. The number of likely N-dealkylation sites (tertiary alicyclic amines) is 1. The van der Waals surface area contributed by atoms with E-state index in [1.807, 2.05) is 57.2 Å². The van der Waals surface area contributed by atoms with E-state index in [9.17, 15) is 24.3 Å². The molecule has 1 saturated heterocycles. The van der Waals surface area contributed by atoms with Crippen molar-refractivity contribution in [3.8, 4) is 0 Å². The third kappa shape index (κ3) is 9.31. The van der Waals surface area contributed by atoms with Crippen LogP contribution in [0.3, 0.4) is 0 Å². The number of hydrogen-bond acceptors (Lipinski definition) is 8. The minimum Gasteiger partial charge on any atom is -0.381 e. The molecule has 2 fully saturated rings. The number of fused-ring (bicyclic) bond motifs is 1. The number of hydrogen-bond donors (Lipinski definition) is 5. The third-order valence-electron chi connectivity index (χ3n) is 10.4. The lowest BCUT2D eigenvalue weighted by Gasteiger charge is -2.32. The molecule has 13 heteroatoms. The summed E-state index contributed by atoms with van der Waals surface area (Å²) in [6, 6.07) is 10.1. The number of nitrogens with two attached hydrogens (primary N) is 2. The number of nitrogens with one attached hydrogen (secondary N) is 2. The summed E-state index contributed by atoms with van der Waals surface area (Å²) in [5.41, 5.74) is 12.1. The average Bonchev–Trinajstić information content (AvgIpc) is 3.79. The number of carbonyl (C=O) groups is 4. The van der Waals surface area contributed by atoms with Gasteiger partial charge in [0.05, 0.1) is 24.0 Å². The monoisotopic (exact) mass is 702 g/mol. The highest BCUT2D eigenvalue weighted by molar-refractivity contribution is 6.01. The van der Waals surface area contributed by atoms with E-state index in [1.54, 1.807) is 16.9 Å². The highest BCUT2D eigenvalue weighted by atomic mass is 16.3. The molecule has 2 aliphatic rings. The van der Waals surface area contributed by atoms with Gasteiger partial charge in [-0.15, -0.1) is 5.10 Å². The number of aliphatic hydroxyl groups is 1. The van der Waals surface area contributed by atoms with Crippen LogP contribution in [0.5, 0.6) is 0 Å². The van der Waals surface area contributed by atoms with E-state index in [0.29, 0.717) is 31.4 Å². The molecule has 0 bridgehead atoms. The van der Waals surface area contributed by atoms with Crippen LogP contribution in [0.15, 0.2) is 48.7 Å². The molecule has 51 heavy (non-hydrogen) atoms. The Bertz CT molecular complexity index is 1680. The van der Waals surface area contributed by atoms with Gasteiger partial charge in [0.2, 0.25) is 17.7 Å². The Hall–Kier alpha value is -4.36. The molecule has 0 radical (unpaired) electrons. The molecule has 2 aromatic carbocycles. The van der Waals surface area contributed by atoms with Crippen LogP contribution in [0.4, 0.5) is 0 Å². The molecule has 276 valence electrons. The van der Waals surface area contributed by atoms with Gasteiger partial charge in [0.15, 0.2) is 6.10 Å². The predicted octanol–water partition coefficient (Wildman–Crippen LogP) is 3.10. The normalized spacial score (nSPS) is 20.1. The van der Waals surface area contributed by atoms with Crippen molar-refractivity contribution in [2.75, 3.05) is 13.1 Å². The summed E-state index contributed by atoms with van der Waals surface area (Å²) >= 11 is 0. The SMILES string of the molecule is CC(C)(C)c1cnnn1[C@H]1C[C@@H](C(=O)NC(CCCCN)C(O)C(N)=O)N(C(=O)[C@@H](CC2CCCCC2)NC(=O)c2ccc3ccccc3c2)C1. The van der Waals surface area contributed by atoms with Gasteiger partial charge < -0.3 is 32.1 Å². The van der Waals surface area contributed by atoms with Crippen LogP contribution in [0.1, 0.15) is 107 Å². The number of rotatable bonds is 14. The van der Waals surface area contributed by atoms with Crippen LogP contribution in [0, 0.1) is 5.92 Å². The van der Waals surface area contributed by atoms with Crippen molar-refractivity contribution in [1.29, 1.82) is 0 Å². The maximum Gasteiger partial charge on any atom is 0.251 e. The van der Waals surface area contributed by atoms with Crippen molar-refractivity contribution in [3.05, 3.63) is 59.9 Å². The molecular weight excluding hydrogens is 648 g/mol. The standard InChI is InChI=1S/C38H54N8O5/c1-38(2,3)32-22-41-44-46(32)28-21-31(36(50)42-29(15-9-10-18-39)33(47)34(40)48)45(23-28)37(51)30(19-24-11-5-4-6-12-24)43-35(49)27-17-16-25-13-7-8-14-26(25)20-27/h7-8,13-14,16-17,20,22,24,28-31,33,47H,4-6,9-12,15,18-19,21,23,39H2,1-3H3,(H2,40,48)(H,42,50)(H,43,49)/t28-,29?,30+,31-,33?/m0/s1. The summed E-state index contributed by atoms with van der Waals surface area (Å²) in [6.07, 6.45) is 7.43. The fourth-order valence-electron chi connectivity index (χ4n) is 7.58. The van der Waals surface area contributed by atoms with E-state index in [0.717, 1.165) is 48.6 Å². The minimum absolute atomic E-state index is 0.159. The van der Waals surface area contributed by atoms with Crippen molar-refractivity contribution in [2.24, 2.45) is 17.4 Å². The number of nitrogens with zero attached hydrogens (tertiary/aromatic N) is 4. The van der Waals surface area contributed by atoms with Crippen LogP contribution >= 0.6 is 0 Å². The van der Waals surface area contributed by atoms with Crippen LogP contribution in [0.25, 0.3) is 10.8 Å². The summed E-state index contributed by atoms with van der Waals surface area (Å²) in [7, 11) is 0. The first-order valence-electron chi connectivity index (χ1n) is 18.4. The van der Waals surface area contributed by atoms with Crippen molar-refractivity contribution in [3.63, 3.8) is 0 Å². The second-order valence-corrected chi connectivity index (χ2v) is 15.3. The molecule has 7 N–H and O–H groups in total. The van der Waals surface area contributed by atoms with E-state index in [4.69, 9.17) is 11.5 Å². The Morgan fingerprint density at radius 1 is 1.00 bits per heavy atom.